The Morgan fingerprint density at radius 2 is 2.52 bits per heavy atom. The van der Waals surface area contributed by atoms with Gasteiger partial charge in [-0.1, -0.05) is 0 Å². The van der Waals surface area contributed by atoms with Crippen molar-refractivity contribution in [3.05, 3.63) is 32.5 Å². The summed E-state index contributed by atoms with van der Waals surface area (Å²) in [6, 6.07) is 2.08. The van der Waals surface area contributed by atoms with E-state index in [9.17, 15) is 4.79 Å². The third-order valence-electron chi connectivity index (χ3n) is 3.50. The molecule has 1 unspecified atom stereocenters. The van der Waals surface area contributed by atoms with Gasteiger partial charge in [0.2, 0.25) is 5.91 Å². The fourth-order valence-corrected chi connectivity index (χ4v) is 4.99. The molecule has 5 nitrogen and oxygen atoms in total. The van der Waals surface area contributed by atoms with E-state index >= 15 is 0 Å². The molecule has 8 heteroatoms. The van der Waals surface area contributed by atoms with Gasteiger partial charge in [0.15, 0.2) is 4.77 Å². The fourth-order valence-electron chi connectivity index (χ4n) is 2.41. The van der Waals surface area contributed by atoms with Crippen LogP contribution in [0.25, 0.3) is 0 Å². The Bertz CT molecular complexity index is 702. The number of H-pyrrole nitrogens is 1. The van der Waals surface area contributed by atoms with Crippen molar-refractivity contribution in [3.8, 4) is 0 Å². The van der Waals surface area contributed by atoms with Crippen molar-refractivity contribution in [1.29, 1.82) is 0 Å². The third kappa shape index (κ3) is 3.07. The van der Waals surface area contributed by atoms with Crippen LogP contribution in [0, 0.1) is 11.7 Å². The molecule has 2 aromatic rings. The monoisotopic (exact) mass is 340 g/mol. The van der Waals surface area contributed by atoms with Crippen molar-refractivity contribution in [1.82, 2.24) is 20.1 Å². The molecule has 3 heterocycles. The lowest BCUT2D eigenvalue weighted by Gasteiger charge is -2.21. The van der Waals surface area contributed by atoms with E-state index in [-0.39, 0.29) is 11.2 Å². The van der Waals surface area contributed by atoms with Gasteiger partial charge in [-0.25, -0.2) is 0 Å². The van der Waals surface area contributed by atoms with Crippen molar-refractivity contribution < 1.29 is 4.79 Å². The second-order valence-corrected chi connectivity index (χ2v) is 7.42. The molecule has 0 fully saturated rings. The minimum atomic E-state index is -0.0709. The lowest BCUT2D eigenvalue weighted by Crippen LogP contribution is -2.32. The summed E-state index contributed by atoms with van der Waals surface area (Å²) < 4.78 is 2.48. The first-order valence-electron chi connectivity index (χ1n) is 6.74. The Hall–Kier alpha value is -1.12. The number of nitrogens with one attached hydrogen (secondary N) is 2. The Morgan fingerprint density at radius 3 is 3.29 bits per heavy atom. The Balaban J connectivity index is 1.60. The lowest BCUT2D eigenvalue weighted by molar-refractivity contribution is -0.120. The van der Waals surface area contributed by atoms with Gasteiger partial charge in [-0.3, -0.25) is 9.89 Å². The number of carbonyl (C=O) groups is 1. The number of hydrogen-bond donors (Lipinski definition) is 2. The zero-order chi connectivity index (χ0) is 14.8. The summed E-state index contributed by atoms with van der Waals surface area (Å²) in [6.07, 6.45) is 1.07. The first kappa shape index (κ1) is 14.8. The van der Waals surface area contributed by atoms with Gasteiger partial charge in [0.05, 0.1) is 0 Å². The van der Waals surface area contributed by atoms with E-state index in [1.165, 1.54) is 10.4 Å². The summed E-state index contributed by atoms with van der Waals surface area (Å²) in [5, 5.41) is 11.8. The molecule has 21 heavy (non-hydrogen) atoms. The largest absolute Gasteiger partial charge is 0.353 e. The van der Waals surface area contributed by atoms with Crippen LogP contribution in [0.3, 0.4) is 0 Å². The van der Waals surface area contributed by atoms with Crippen molar-refractivity contribution in [2.24, 2.45) is 0 Å². The predicted octanol–water partition coefficient (Wildman–Crippen LogP) is 2.46. The van der Waals surface area contributed by atoms with Gasteiger partial charge < -0.3 is 9.88 Å². The minimum absolute atomic E-state index is 0.0709. The number of rotatable bonds is 4. The van der Waals surface area contributed by atoms with Crippen LogP contribution in [-0.4, -0.2) is 33.0 Å². The first-order valence-corrected chi connectivity index (χ1v) is 9.08. The van der Waals surface area contributed by atoms with Crippen LogP contribution < -0.4 is 5.32 Å². The standard InChI is InChI=1S/C13H16N4OS3/c1-8-15-16-13(19)17(8)5-4-14-12(18)11-9-2-6-20-10(9)3-7-21-11/h2,6,11H,3-5,7H2,1H3,(H,14,18)(H,16,19). The number of aromatic amines is 1. The molecule has 2 aromatic heterocycles. The summed E-state index contributed by atoms with van der Waals surface area (Å²) in [6.45, 7) is 3.09. The molecule has 0 aromatic carbocycles. The van der Waals surface area contributed by atoms with Crippen LogP contribution in [0.2, 0.25) is 0 Å². The quantitative estimate of drug-likeness (QED) is 0.839. The zero-order valence-corrected chi connectivity index (χ0v) is 14.0. The highest BCUT2D eigenvalue weighted by molar-refractivity contribution is 8.00. The molecule has 1 aliphatic rings. The van der Waals surface area contributed by atoms with Crippen LogP contribution in [0.5, 0.6) is 0 Å². The summed E-state index contributed by atoms with van der Waals surface area (Å²) in [5.41, 5.74) is 1.19. The molecule has 3 rings (SSSR count). The summed E-state index contributed by atoms with van der Waals surface area (Å²) in [5.74, 6) is 1.94. The molecule has 112 valence electrons. The molecule has 2 N–H and O–H groups in total. The molecule has 0 saturated carbocycles. The second-order valence-electron chi connectivity index (χ2n) is 4.82. The van der Waals surface area contributed by atoms with Crippen LogP contribution in [0.4, 0.5) is 0 Å². The van der Waals surface area contributed by atoms with Gasteiger partial charge in [0.1, 0.15) is 11.1 Å². The normalized spacial score (nSPS) is 17.5. The number of fused-ring (bicyclic) bond motifs is 1. The van der Waals surface area contributed by atoms with E-state index < -0.39 is 0 Å². The average Bonchev–Trinajstić information content (AvgIpc) is 3.07. The third-order valence-corrected chi connectivity index (χ3v) is 6.05. The number of thiophene rings is 1. The number of aryl methyl sites for hydroxylation is 2. The van der Waals surface area contributed by atoms with Crippen molar-refractivity contribution >= 4 is 41.2 Å². The Morgan fingerprint density at radius 1 is 1.67 bits per heavy atom. The van der Waals surface area contributed by atoms with E-state index in [2.05, 4.69) is 27.0 Å². The molecule has 1 atom stereocenters. The van der Waals surface area contributed by atoms with E-state index in [4.69, 9.17) is 12.2 Å². The number of nitrogens with zero attached hydrogens (tertiary/aromatic N) is 2. The molecule has 0 bridgehead atoms. The zero-order valence-electron chi connectivity index (χ0n) is 11.6. The molecule has 1 aliphatic heterocycles. The van der Waals surface area contributed by atoms with E-state index in [0.717, 1.165) is 18.0 Å². The van der Waals surface area contributed by atoms with Gasteiger partial charge in [0.25, 0.3) is 0 Å². The average molecular weight is 340 g/mol. The Kier molecular flexibility index (Phi) is 4.46. The highest BCUT2D eigenvalue weighted by Crippen LogP contribution is 2.39. The molecule has 0 radical (unpaired) electrons. The summed E-state index contributed by atoms with van der Waals surface area (Å²) in [4.78, 5) is 13.7. The van der Waals surface area contributed by atoms with Gasteiger partial charge in [-0.2, -0.15) is 5.10 Å². The van der Waals surface area contributed by atoms with Gasteiger partial charge in [0, 0.05) is 18.0 Å². The molecular weight excluding hydrogens is 324 g/mol. The van der Waals surface area contributed by atoms with Crippen LogP contribution in [-0.2, 0) is 17.8 Å². The predicted molar refractivity (Wildman–Crippen MR) is 88.4 cm³/mol. The van der Waals surface area contributed by atoms with Crippen molar-refractivity contribution in [3.63, 3.8) is 0 Å². The van der Waals surface area contributed by atoms with Gasteiger partial charge in [-0.15, -0.1) is 23.1 Å². The van der Waals surface area contributed by atoms with Gasteiger partial charge in [-0.05, 0) is 48.3 Å². The van der Waals surface area contributed by atoms with Gasteiger partial charge >= 0.3 is 0 Å². The number of amides is 1. The molecular formula is C13H16N4OS3. The molecule has 0 aliphatic carbocycles. The number of hydrogen-bond acceptors (Lipinski definition) is 5. The summed E-state index contributed by atoms with van der Waals surface area (Å²) >= 11 is 8.62. The number of carbonyl (C=O) groups excluding carboxylic acids is 1. The maximum atomic E-state index is 12.4. The first-order chi connectivity index (χ1) is 10.2. The number of thioether (sulfide) groups is 1. The van der Waals surface area contributed by atoms with E-state index in [1.54, 1.807) is 23.1 Å². The fraction of sp³-hybridized carbons (Fsp3) is 0.462. The van der Waals surface area contributed by atoms with Crippen molar-refractivity contribution in [2.45, 2.75) is 25.1 Å². The lowest BCUT2D eigenvalue weighted by atomic mass is 10.1. The second kappa shape index (κ2) is 6.33. The van der Waals surface area contributed by atoms with Crippen molar-refractivity contribution in [2.75, 3.05) is 12.3 Å². The Labute approximate surface area is 136 Å². The van der Waals surface area contributed by atoms with Crippen LogP contribution in [0.15, 0.2) is 11.4 Å². The maximum absolute atomic E-state index is 12.4. The minimum Gasteiger partial charge on any atom is -0.353 e. The maximum Gasteiger partial charge on any atom is 0.237 e. The molecule has 0 saturated heterocycles. The SMILES string of the molecule is Cc1n[nH]c(=S)n1CCNC(=O)C1SCCc2sccc21. The molecule has 1 amide bonds. The highest BCUT2D eigenvalue weighted by Gasteiger charge is 2.27. The molecule has 0 spiro atoms. The van der Waals surface area contributed by atoms with E-state index in [0.29, 0.717) is 17.9 Å². The van der Waals surface area contributed by atoms with Crippen LogP contribution >= 0.6 is 35.3 Å². The topological polar surface area (TPSA) is 62.7 Å². The summed E-state index contributed by atoms with van der Waals surface area (Å²) in [7, 11) is 0. The van der Waals surface area contributed by atoms with E-state index in [1.807, 2.05) is 11.5 Å². The highest BCUT2D eigenvalue weighted by atomic mass is 32.2. The smallest absolute Gasteiger partial charge is 0.237 e. The van der Waals surface area contributed by atoms with Crippen LogP contribution in [0.1, 0.15) is 21.5 Å². The number of aromatic nitrogens is 3.